The van der Waals surface area contributed by atoms with Crippen LogP contribution in [0.2, 0.25) is 0 Å². The van der Waals surface area contributed by atoms with Gasteiger partial charge in [0.05, 0.1) is 6.04 Å². The van der Waals surface area contributed by atoms with E-state index in [-0.39, 0.29) is 0 Å². The molecular formula is C20H25NO. The van der Waals surface area contributed by atoms with E-state index in [0.29, 0.717) is 12.0 Å². The molecule has 0 aliphatic carbocycles. The van der Waals surface area contributed by atoms with E-state index in [4.69, 9.17) is 4.74 Å². The first-order valence-electron chi connectivity index (χ1n) is 8.20. The minimum Gasteiger partial charge on any atom is -0.491 e. The molecule has 116 valence electrons. The Labute approximate surface area is 133 Å². The minimum absolute atomic E-state index is 0.492. The number of hydrogen-bond acceptors (Lipinski definition) is 2. The van der Waals surface area contributed by atoms with Gasteiger partial charge in [-0.05, 0) is 54.7 Å². The predicted octanol–water partition coefficient (Wildman–Crippen LogP) is 4.78. The van der Waals surface area contributed by atoms with E-state index in [0.717, 1.165) is 18.9 Å². The van der Waals surface area contributed by atoms with Gasteiger partial charge in [0, 0.05) is 12.2 Å². The molecule has 1 saturated heterocycles. The molecule has 1 heterocycles. The zero-order chi connectivity index (χ0) is 15.5. The fourth-order valence-electron chi connectivity index (χ4n) is 3.10. The summed E-state index contributed by atoms with van der Waals surface area (Å²) in [5.74, 6) is 1.53. The average Bonchev–Trinajstić information content (AvgIpc) is 2.49. The van der Waals surface area contributed by atoms with Crippen molar-refractivity contribution < 1.29 is 4.74 Å². The van der Waals surface area contributed by atoms with Crippen molar-refractivity contribution in [3.8, 4) is 5.75 Å². The van der Waals surface area contributed by atoms with Crippen LogP contribution in [-0.4, -0.2) is 19.2 Å². The smallest absolute Gasteiger partial charge is 0.119 e. The lowest BCUT2D eigenvalue weighted by molar-refractivity contribution is 0.246. The van der Waals surface area contributed by atoms with Gasteiger partial charge in [-0.3, -0.25) is 0 Å². The molecule has 1 fully saturated rings. The molecule has 1 aliphatic rings. The molecule has 0 bridgehead atoms. The van der Waals surface area contributed by atoms with Crippen LogP contribution >= 0.6 is 0 Å². The van der Waals surface area contributed by atoms with Crippen molar-refractivity contribution >= 4 is 5.69 Å². The normalized spacial score (nSPS) is 17.5. The maximum Gasteiger partial charge on any atom is 0.119 e. The summed E-state index contributed by atoms with van der Waals surface area (Å²) in [4.78, 5) is 2.43. The summed E-state index contributed by atoms with van der Waals surface area (Å²) in [5, 5.41) is 0. The van der Waals surface area contributed by atoms with E-state index in [2.05, 4.69) is 74.2 Å². The summed E-state index contributed by atoms with van der Waals surface area (Å²) in [6.45, 7) is 8.52. The number of para-hydroxylation sites is 1. The number of rotatable bonds is 5. The Morgan fingerprint density at radius 1 is 1.14 bits per heavy atom. The molecule has 2 aromatic rings. The first kappa shape index (κ1) is 15.0. The fraction of sp³-hybridized carbons (Fsp3) is 0.400. The van der Waals surface area contributed by atoms with Gasteiger partial charge in [0.25, 0.3) is 0 Å². The summed E-state index contributed by atoms with van der Waals surface area (Å²) >= 11 is 0. The Hall–Kier alpha value is -1.96. The molecule has 2 nitrogen and oxygen atoms in total. The third kappa shape index (κ3) is 3.11. The van der Waals surface area contributed by atoms with Gasteiger partial charge in [0.1, 0.15) is 12.4 Å². The van der Waals surface area contributed by atoms with Gasteiger partial charge in [-0.15, -0.1) is 0 Å². The molecule has 22 heavy (non-hydrogen) atoms. The second-order valence-corrected chi connectivity index (χ2v) is 6.46. The van der Waals surface area contributed by atoms with E-state index in [9.17, 15) is 0 Å². The zero-order valence-electron chi connectivity index (χ0n) is 13.8. The summed E-state index contributed by atoms with van der Waals surface area (Å²) in [7, 11) is 0. The SMILES string of the molecule is Cc1ccc(OCC2CCN2c2ccccc2)cc1C(C)C. The topological polar surface area (TPSA) is 12.5 Å². The fourth-order valence-corrected chi connectivity index (χ4v) is 3.10. The van der Waals surface area contributed by atoms with Gasteiger partial charge >= 0.3 is 0 Å². The van der Waals surface area contributed by atoms with Crippen molar-refractivity contribution in [2.75, 3.05) is 18.1 Å². The molecule has 0 radical (unpaired) electrons. The summed E-state index contributed by atoms with van der Waals surface area (Å²) in [5.41, 5.74) is 4.03. The largest absolute Gasteiger partial charge is 0.491 e. The Bertz CT molecular complexity index is 621. The molecule has 0 N–H and O–H groups in total. The van der Waals surface area contributed by atoms with Crippen LogP contribution in [0.25, 0.3) is 0 Å². The van der Waals surface area contributed by atoms with Gasteiger partial charge in [-0.2, -0.15) is 0 Å². The highest BCUT2D eigenvalue weighted by molar-refractivity contribution is 5.49. The number of hydrogen-bond donors (Lipinski definition) is 0. The van der Waals surface area contributed by atoms with Crippen molar-refractivity contribution in [2.24, 2.45) is 0 Å². The van der Waals surface area contributed by atoms with E-state index < -0.39 is 0 Å². The Morgan fingerprint density at radius 2 is 1.91 bits per heavy atom. The Balaban J connectivity index is 1.62. The van der Waals surface area contributed by atoms with Crippen molar-refractivity contribution in [3.05, 3.63) is 59.7 Å². The Morgan fingerprint density at radius 3 is 2.55 bits per heavy atom. The van der Waals surface area contributed by atoms with Crippen LogP contribution in [0, 0.1) is 6.92 Å². The van der Waals surface area contributed by atoms with Gasteiger partial charge in [0.2, 0.25) is 0 Å². The lowest BCUT2D eigenvalue weighted by Crippen LogP contribution is -2.51. The van der Waals surface area contributed by atoms with Crippen LogP contribution in [0.5, 0.6) is 5.75 Å². The monoisotopic (exact) mass is 295 g/mol. The predicted molar refractivity (Wildman–Crippen MR) is 93.0 cm³/mol. The second kappa shape index (κ2) is 6.43. The van der Waals surface area contributed by atoms with Gasteiger partial charge in [0.15, 0.2) is 0 Å². The maximum absolute atomic E-state index is 6.07. The first-order valence-corrected chi connectivity index (χ1v) is 8.20. The number of nitrogens with zero attached hydrogens (tertiary/aromatic N) is 1. The standard InChI is InChI=1S/C20H25NO/c1-15(2)20-13-19(10-9-16(20)3)22-14-18-11-12-21(18)17-7-5-4-6-8-17/h4-10,13,15,18H,11-12,14H2,1-3H3. The first-order chi connectivity index (χ1) is 10.6. The van der Waals surface area contributed by atoms with Crippen LogP contribution in [0.3, 0.4) is 0 Å². The van der Waals surface area contributed by atoms with Gasteiger partial charge in [-0.1, -0.05) is 38.1 Å². The summed E-state index contributed by atoms with van der Waals surface area (Å²) < 4.78 is 6.07. The van der Waals surface area contributed by atoms with Crippen LogP contribution < -0.4 is 9.64 Å². The second-order valence-electron chi connectivity index (χ2n) is 6.46. The van der Waals surface area contributed by atoms with E-state index in [1.165, 1.54) is 23.2 Å². The molecule has 3 rings (SSSR count). The number of benzene rings is 2. The van der Waals surface area contributed by atoms with E-state index in [1.807, 2.05) is 0 Å². The summed E-state index contributed by atoms with van der Waals surface area (Å²) in [6, 6.07) is 17.6. The summed E-state index contributed by atoms with van der Waals surface area (Å²) in [6.07, 6.45) is 1.21. The van der Waals surface area contributed by atoms with Crippen molar-refractivity contribution in [3.63, 3.8) is 0 Å². The van der Waals surface area contributed by atoms with Gasteiger partial charge < -0.3 is 9.64 Å². The van der Waals surface area contributed by atoms with Crippen LogP contribution in [0.1, 0.15) is 37.3 Å². The molecule has 1 atom stereocenters. The van der Waals surface area contributed by atoms with Crippen LogP contribution in [0.15, 0.2) is 48.5 Å². The van der Waals surface area contributed by atoms with E-state index >= 15 is 0 Å². The van der Waals surface area contributed by atoms with Crippen molar-refractivity contribution in [1.82, 2.24) is 0 Å². The quantitative estimate of drug-likeness (QED) is 0.787. The average molecular weight is 295 g/mol. The highest BCUT2D eigenvalue weighted by Gasteiger charge is 2.28. The van der Waals surface area contributed by atoms with Crippen molar-refractivity contribution in [1.29, 1.82) is 0 Å². The number of anilines is 1. The molecular weight excluding hydrogens is 270 g/mol. The molecule has 2 aromatic carbocycles. The molecule has 1 aliphatic heterocycles. The third-order valence-electron chi connectivity index (χ3n) is 4.55. The lowest BCUT2D eigenvalue weighted by Gasteiger charge is -2.42. The van der Waals surface area contributed by atoms with E-state index in [1.54, 1.807) is 0 Å². The molecule has 1 unspecified atom stereocenters. The highest BCUT2D eigenvalue weighted by atomic mass is 16.5. The molecule has 0 saturated carbocycles. The van der Waals surface area contributed by atoms with Crippen molar-refractivity contribution in [2.45, 2.75) is 39.2 Å². The molecule has 0 aromatic heterocycles. The minimum atomic E-state index is 0.492. The highest BCUT2D eigenvalue weighted by Crippen LogP contribution is 2.28. The number of aryl methyl sites for hydroxylation is 1. The van der Waals surface area contributed by atoms with Crippen LogP contribution in [-0.2, 0) is 0 Å². The lowest BCUT2D eigenvalue weighted by atomic mass is 9.98. The number of ether oxygens (including phenoxy) is 1. The molecule has 2 heteroatoms. The Kier molecular flexibility index (Phi) is 4.37. The van der Waals surface area contributed by atoms with Crippen LogP contribution in [0.4, 0.5) is 5.69 Å². The maximum atomic E-state index is 6.07. The van der Waals surface area contributed by atoms with Gasteiger partial charge in [-0.25, -0.2) is 0 Å². The molecule has 0 spiro atoms. The zero-order valence-corrected chi connectivity index (χ0v) is 13.8. The third-order valence-corrected chi connectivity index (χ3v) is 4.55. The molecule has 0 amide bonds.